The maximum absolute atomic E-state index is 11.9. The number of carbonyl (C=O) groups is 2. The predicted molar refractivity (Wildman–Crippen MR) is 141 cm³/mol. The van der Waals surface area contributed by atoms with Gasteiger partial charge in [-0.15, -0.1) is 0 Å². The van der Waals surface area contributed by atoms with Gasteiger partial charge in [0.1, 0.15) is 24.1 Å². The number of unbranched alkanes of at least 4 members (excludes halogenated alkanes) is 5. The molecule has 0 aromatic heterocycles. The molecule has 5 heteroatoms. The van der Waals surface area contributed by atoms with Gasteiger partial charge < -0.3 is 14.2 Å². The van der Waals surface area contributed by atoms with Crippen molar-refractivity contribution in [1.82, 2.24) is 0 Å². The number of carbonyl (C=O) groups excluding carboxylic acids is 2. The van der Waals surface area contributed by atoms with Gasteiger partial charge in [0.05, 0.1) is 0 Å². The smallest absolute Gasteiger partial charge is 0.334 e. The summed E-state index contributed by atoms with van der Waals surface area (Å²) in [7, 11) is 0. The summed E-state index contributed by atoms with van der Waals surface area (Å²) in [5, 5.41) is 0. The Morgan fingerprint density at radius 1 is 0.806 bits per heavy atom. The topological polar surface area (TPSA) is 61.8 Å². The molecular weight excluding hydrogens is 452 g/mol. The van der Waals surface area contributed by atoms with Gasteiger partial charge in [-0.25, -0.2) is 9.59 Å². The van der Waals surface area contributed by atoms with E-state index >= 15 is 0 Å². The molecule has 0 aliphatic carbocycles. The van der Waals surface area contributed by atoms with Crippen molar-refractivity contribution in [1.29, 1.82) is 0 Å². The van der Waals surface area contributed by atoms with Crippen LogP contribution in [0.4, 0.5) is 0 Å². The number of hydrogen-bond donors (Lipinski definition) is 0. The fourth-order valence-corrected chi connectivity index (χ4v) is 4.78. The van der Waals surface area contributed by atoms with Crippen molar-refractivity contribution in [2.45, 2.75) is 83.0 Å². The van der Waals surface area contributed by atoms with E-state index in [1.165, 1.54) is 25.7 Å². The van der Waals surface area contributed by atoms with Crippen molar-refractivity contribution < 1.29 is 23.8 Å². The van der Waals surface area contributed by atoms with Crippen LogP contribution in [0.2, 0.25) is 0 Å². The number of rotatable bonds is 12. The average Bonchev–Trinajstić information content (AvgIpc) is 3.41. The monoisotopic (exact) mass is 488 g/mol. The highest BCUT2D eigenvalue weighted by atomic mass is 16.6. The maximum Gasteiger partial charge on any atom is 0.334 e. The third-order valence-electron chi connectivity index (χ3n) is 6.98. The lowest BCUT2D eigenvalue weighted by atomic mass is 10.00. The van der Waals surface area contributed by atoms with E-state index in [2.05, 4.69) is 20.1 Å². The van der Waals surface area contributed by atoms with Crippen molar-refractivity contribution >= 4 is 11.9 Å². The van der Waals surface area contributed by atoms with Crippen molar-refractivity contribution in [2.24, 2.45) is 0 Å². The van der Waals surface area contributed by atoms with E-state index in [-0.39, 0.29) is 30.3 Å². The molecule has 3 unspecified atom stereocenters. The lowest BCUT2D eigenvalue weighted by Gasteiger charge is -2.24. The van der Waals surface area contributed by atoms with E-state index < -0.39 is 0 Å². The largest absolute Gasteiger partial charge is 0.487 e. The minimum Gasteiger partial charge on any atom is -0.487 e. The normalized spacial score (nSPS) is 20.4. The molecule has 2 aromatic rings. The molecule has 2 aromatic carbocycles. The molecule has 0 spiro atoms. The molecule has 2 aliphatic heterocycles. The minimum absolute atomic E-state index is 0.187. The number of esters is 2. The van der Waals surface area contributed by atoms with Gasteiger partial charge in [-0.3, -0.25) is 0 Å². The molecule has 3 atom stereocenters. The van der Waals surface area contributed by atoms with Crippen molar-refractivity contribution in [3.8, 4) is 16.9 Å². The van der Waals surface area contributed by atoms with Crippen LogP contribution in [0.15, 0.2) is 72.8 Å². The Labute approximate surface area is 214 Å². The fraction of sp³-hybridized carbons (Fsp3) is 0.419. The molecule has 4 rings (SSSR count). The molecule has 0 saturated carbocycles. The van der Waals surface area contributed by atoms with Crippen LogP contribution in [0.3, 0.4) is 0 Å². The molecule has 0 radical (unpaired) electrons. The van der Waals surface area contributed by atoms with E-state index in [0.717, 1.165) is 41.7 Å². The van der Waals surface area contributed by atoms with Gasteiger partial charge in [0.15, 0.2) is 0 Å². The average molecular weight is 489 g/mol. The Bertz CT molecular complexity index is 1050. The van der Waals surface area contributed by atoms with Crippen molar-refractivity contribution in [2.75, 3.05) is 0 Å². The van der Waals surface area contributed by atoms with Crippen LogP contribution < -0.4 is 4.74 Å². The summed E-state index contributed by atoms with van der Waals surface area (Å²) in [6, 6.07) is 16.0. The molecular formula is C31H36O5. The quantitative estimate of drug-likeness (QED) is 0.179. The van der Waals surface area contributed by atoms with E-state index in [1.807, 2.05) is 48.5 Å². The van der Waals surface area contributed by atoms with Gasteiger partial charge in [-0.2, -0.15) is 0 Å². The van der Waals surface area contributed by atoms with Crippen LogP contribution in [0, 0.1) is 0 Å². The summed E-state index contributed by atoms with van der Waals surface area (Å²) in [6.07, 6.45) is 8.38. The third kappa shape index (κ3) is 6.45. The Kier molecular flexibility index (Phi) is 8.63. The Morgan fingerprint density at radius 2 is 1.39 bits per heavy atom. The van der Waals surface area contributed by atoms with Crippen molar-refractivity contribution in [3.05, 3.63) is 78.4 Å². The zero-order valence-electron chi connectivity index (χ0n) is 21.2. The lowest BCUT2D eigenvalue weighted by Crippen LogP contribution is -2.31. The first-order valence-corrected chi connectivity index (χ1v) is 13.1. The molecule has 190 valence electrons. The summed E-state index contributed by atoms with van der Waals surface area (Å²) < 4.78 is 17.3. The molecule has 2 saturated heterocycles. The van der Waals surface area contributed by atoms with Crippen LogP contribution >= 0.6 is 0 Å². The highest BCUT2D eigenvalue weighted by Crippen LogP contribution is 2.34. The molecule has 0 bridgehead atoms. The van der Waals surface area contributed by atoms with Gasteiger partial charge in [-0.1, -0.05) is 88.6 Å². The zero-order valence-corrected chi connectivity index (χ0v) is 21.2. The molecule has 2 heterocycles. The zero-order chi connectivity index (χ0) is 25.5. The minimum atomic E-state index is -0.314. The number of cyclic esters (lactones) is 2. The first-order valence-electron chi connectivity index (χ1n) is 13.1. The van der Waals surface area contributed by atoms with Gasteiger partial charge in [0, 0.05) is 24.0 Å². The summed E-state index contributed by atoms with van der Waals surface area (Å²) in [6.45, 7) is 9.80. The summed E-state index contributed by atoms with van der Waals surface area (Å²) >= 11 is 0. The molecule has 2 aliphatic rings. The van der Waals surface area contributed by atoms with Crippen LogP contribution in [0.1, 0.15) is 76.4 Å². The fourth-order valence-electron chi connectivity index (χ4n) is 4.78. The Morgan fingerprint density at radius 3 is 1.97 bits per heavy atom. The van der Waals surface area contributed by atoms with Crippen LogP contribution in [0.25, 0.3) is 11.1 Å². The van der Waals surface area contributed by atoms with E-state index in [9.17, 15) is 9.59 Å². The second-order valence-electron chi connectivity index (χ2n) is 9.81. The summed E-state index contributed by atoms with van der Waals surface area (Å²) in [5.41, 5.74) is 4.14. The second-order valence-corrected chi connectivity index (χ2v) is 9.81. The van der Waals surface area contributed by atoms with Gasteiger partial charge in [-0.05, 0) is 41.7 Å². The summed E-state index contributed by atoms with van der Waals surface area (Å²) in [5.74, 6) is 0.134. The lowest BCUT2D eigenvalue weighted by molar-refractivity contribution is -0.142. The Hall–Kier alpha value is -3.34. The van der Waals surface area contributed by atoms with Crippen LogP contribution in [0.5, 0.6) is 5.75 Å². The first-order chi connectivity index (χ1) is 17.4. The van der Waals surface area contributed by atoms with E-state index in [4.69, 9.17) is 14.2 Å². The standard InChI is InChI=1S/C31H36O5/c1-4-5-6-7-8-9-10-27(29-20-22(3)31(33)36-29)34-26-17-15-24(16-18-26)23-11-13-25(14-12-23)28-19-21(2)30(32)35-28/h11-18,27-29H,2-10,19-20H2,1H3. The van der Waals surface area contributed by atoms with Gasteiger partial charge >= 0.3 is 11.9 Å². The SMILES string of the molecule is C=C1CC(c2ccc(-c3ccc(OC(CCCCCCCC)C4CC(=C)C(=O)O4)cc3)cc2)OC1=O. The predicted octanol–water partition coefficient (Wildman–Crippen LogP) is 7.27. The Balaban J connectivity index is 1.37. The highest BCUT2D eigenvalue weighted by Gasteiger charge is 2.35. The van der Waals surface area contributed by atoms with Crippen molar-refractivity contribution in [3.63, 3.8) is 0 Å². The number of ether oxygens (including phenoxy) is 3. The second kappa shape index (κ2) is 12.1. The van der Waals surface area contributed by atoms with Gasteiger partial charge in [0.25, 0.3) is 0 Å². The third-order valence-corrected chi connectivity index (χ3v) is 6.98. The van der Waals surface area contributed by atoms with E-state index in [0.29, 0.717) is 24.0 Å². The molecule has 5 nitrogen and oxygen atoms in total. The highest BCUT2D eigenvalue weighted by molar-refractivity contribution is 5.90. The molecule has 36 heavy (non-hydrogen) atoms. The van der Waals surface area contributed by atoms with Crippen LogP contribution in [-0.4, -0.2) is 24.1 Å². The molecule has 0 N–H and O–H groups in total. The summed E-state index contributed by atoms with van der Waals surface area (Å²) in [4.78, 5) is 23.5. The number of hydrogen-bond acceptors (Lipinski definition) is 5. The van der Waals surface area contributed by atoms with Gasteiger partial charge in [0.2, 0.25) is 0 Å². The first kappa shape index (κ1) is 25.7. The molecule has 0 amide bonds. The maximum atomic E-state index is 11.9. The van der Waals surface area contributed by atoms with Crippen LogP contribution in [-0.2, 0) is 19.1 Å². The molecule has 2 fully saturated rings. The number of benzene rings is 2. The van der Waals surface area contributed by atoms with E-state index in [1.54, 1.807) is 0 Å².